The highest BCUT2D eigenvalue weighted by Crippen LogP contribution is 2.41. The minimum absolute atomic E-state index is 0.717. The predicted octanol–water partition coefficient (Wildman–Crippen LogP) is 4.06. The van der Waals surface area contributed by atoms with Crippen molar-refractivity contribution < 1.29 is 0 Å². The molecule has 0 aliphatic heterocycles. The first-order chi connectivity index (χ1) is 8.74. The monoisotopic (exact) mass is 241 g/mol. The normalized spacial score (nSPS) is 24.2. The zero-order valence-corrected chi connectivity index (χ0v) is 11.5. The fraction of sp³-hybridized carbons (Fsp3) is 0.529. The van der Waals surface area contributed by atoms with Crippen LogP contribution in [-0.4, -0.2) is 25.0 Å². The van der Waals surface area contributed by atoms with Crippen LogP contribution in [-0.2, 0) is 0 Å². The van der Waals surface area contributed by atoms with Crippen molar-refractivity contribution in [3.8, 4) is 0 Å². The Morgan fingerprint density at radius 3 is 2.67 bits per heavy atom. The molecule has 1 saturated carbocycles. The third kappa shape index (κ3) is 2.51. The molecule has 1 fully saturated rings. The zero-order chi connectivity index (χ0) is 12.5. The molecule has 0 aromatic heterocycles. The number of nitrogens with zero attached hydrogens (tertiary/aromatic N) is 1. The number of rotatable bonds is 3. The SMILES string of the molecule is CN(C)[C@@H]1CCC=C(c2cccc(C3CC3)c2)C1. The molecule has 0 N–H and O–H groups in total. The molecule has 2 aliphatic rings. The van der Waals surface area contributed by atoms with Crippen LogP contribution in [0.4, 0.5) is 0 Å². The summed E-state index contributed by atoms with van der Waals surface area (Å²) < 4.78 is 0. The van der Waals surface area contributed by atoms with Crippen molar-refractivity contribution in [1.82, 2.24) is 4.90 Å². The highest BCUT2D eigenvalue weighted by atomic mass is 15.1. The van der Waals surface area contributed by atoms with E-state index in [-0.39, 0.29) is 0 Å². The molecular weight excluding hydrogens is 218 g/mol. The molecule has 1 nitrogen and oxygen atoms in total. The van der Waals surface area contributed by atoms with Gasteiger partial charge in [-0.15, -0.1) is 0 Å². The Balaban J connectivity index is 1.81. The van der Waals surface area contributed by atoms with Crippen LogP contribution in [0.25, 0.3) is 5.57 Å². The summed E-state index contributed by atoms with van der Waals surface area (Å²) in [6, 6.07) is 9.98. The molecule has 1 atom stereocenters. The molecule has 18 heavy (non-hydrogen) atoms. The molecule has 0 amide bonds. The van der Waals surface area contributed by atoms with Crippen molar-refractivity contribution in [1.29, 1.82) is 0 Å². The highest BCUT2D eigenvalue weighted by Gasteiger charge is 2.24. The van der Waals surface area contributed by atoms with E-state index < -0.39 is 0 Å². The summed E-state index contributed by atoms with van der Waals surface area (Å²) in [6.45, 7) is 0. The average molecular weight is 241 g/mol. The van der Waals surface area contributed by atoms with Gasteiger partial charge in [-0.25, -0.2) is 0 Å². The van der Waals surface area contributed by atoms with Gasteiger partial charge in [0.15, 0.2) is 0 Å². The lowest BCUT2D eigenvalue weighted by molar-refractivity contribution is 0.279. The van der Waals surface area contributed by atoms with Crippen LogP contribution in [0.2, 0.25) is 0 Å². The van der Waals surface area contributed by atoms with Gasteiger partial charge in [-0.3, -0.25) is 0 Å². The molecule has 1 aromatic rings. The Hall–Kier alpha value is -1.08. The molecule has 0 heterocycles. The molecular formula is C17H23N. The van der Waals surface area contributed by atoms with Gasteiger partial charge in [0.1, 0.15) is 0 Å². The first kappa shape index (κ1) is 12.0. The van der Waals surface area contributed by atoms with Gasteiger partial charge in [0.05, 0.1) is 0 Å². The van der Waals surface area contributed by atoms with Crippen LogP contribution in [0.15, 0.2) is 30.3 Å². The molecule has 0 radical (unpaired) electrons. The van der Waals surface area contributed by atoms with Crippen LogP contribution in [0.3, 0.4) is 0 Å². The molecule has 0 spiro atoms. The van der Waals surface area contributed by atoms with E-state index in [1.807, 2.05) is 0 Å². The second-order valence-corrected chi connectivity index (χ2v) is 6.03. The molecule has 1 heteroatoms. The maximum Gasteiger partial charge on any atom is 0.0133 e. The zero-order valence-electron chi connectivity index (χ0n) is 11.5. The van der Waals surface area contributed by atoms with E-state index in [0.29, 0.717) is 0 Å². The fourth-order valence-electron chi connectivity index (χ4n) is 2.97. The summed E-state index contributed by atoms with van der Waals surface area (Å²) in [7, 11) is 4.41. The number of allylic oxidation sites excluding steroid dienone is 1. The van der Waals surface area contributed by atoms with Crippen LogP contribution in [0.1, 0.15) is 49.1 Å². The Bertz CT molecular complexity index is 454. The Labute approximate surface area is 111 Å². The average Bonchev–Trinajstić information content (AvgIpc) is 3.23. The lowest BCUT2D eigenvalue weighted by atomic mass is 9.89. The van der Waals surface area contributed by atoms with E-state index in [4.69, 9.17) is 0 Å². The van der Waals surface area contributed by atoms with E-state index in [9.17, 15) is 0 Å². The van der Waals surface area contributed by atoms with Crippen molar-refractivity contribution in [3.05, 3.63) is 41.5 Å². The van der Waals surface area contributed by atoms with Gasteiger partial charge in [0.25, 0.3) is 0 Å². The quantitative estimate of drug-likeness (QED) is 0.771. The van der Waals surface area contributed by atoms with E-state index in [1.165, 1.54) is 37.7 Å². The molecule has 96 valence electrons. The summed E-state index contributed by atoms with van der Waals surface area (Å²) in [4.78, 5) is 2.37. The maximum atomic E-state index is 2.45. The molecule has 0 bridgehead atoms. The van der Waals surface area contributed by atoms with E-state index in [2.05, 4.69) is 49.3 Å². The van der Waals surface area contributed by atoms with E-state index in [0.717, 1.165) is 12.0 Å². The van der Waals surface area contributed by atoms with Crippen LogP contribution in [0.5, 0.6) is 0 Å². The third-order valence-corrected chi connectivity index (χ3v) is 4.38. The summed E-state index contributed by atoms with van der Waals surface area (Å²) in [5.41, 5.74) is 4.58. The Kier molecular flexibility index (Phi) is 3.25. The second-order valence-electron chi connectivity index (χ2n) is 6.03. The lowest BCUT2D eigenvalue weighted by Crippen LogP contribution is -2.29. The van der Waals surface area contributed by atoms with Gasteiger partial charge in [-0.1, -0.05) is 30.3 Å². The van der Waals surface area contributed by atoms with Crippen molar-refractivity contribution in [2.24, 2.45) is 0 Å². The molecule has 0 saturated heterocycles. The van der Waals surface area contributed by atoms with Crippen molar-refractivity contribution in [2.75, 3.05) is 14.1 Å². The Morgan fingerprint density at radius 2 is 1.94 bits per heavy atom. The smallest absolute Gasteiger partial charge is 0.0133 e. The summed E-state index contributed by atoms with van der Waals surface area (Å²) in [5, 5.41) is 0. The number of benzene rings is 1. The van der Waals surface area contributed by atoms with Crippen molar-refractivity contribution in [2.45, 2.75) is 44.1 Å². The minimum atomic E-state index is 0.717. The van der Waals surface area contributed by atoms with Crippen LogP contribution in [0, 0.1) is 0 Å². The van der Waals surface area contributed by atoms with Gasteiger partial charge in [0.2, 0.25) is 0 Å². The number of hydrogen-bond donors (Lipinski definition) is 0. The standard InChI is InChI=1S/C17H23N/c1-18(2)17-8-4-7-16(12-17)15-6-3-5-14(11-15)13-9-10-13/h3,5-7,11,13,17H,4,8-10,12H2,1-2H3/t17-/m1/s1. The van der Waals surface area contributed by atoms with Gasteiger partial charge >= 0.3 is 0 Å². The molecule has 0 unspecified atom stereocenters. The molecule has 1 aromatic carbocycles. The highest BCUT2D eigenvalue weighted by molar-refractivity contribution is 5.67. The predicted molar refractivity (Wildman–Crippen MR) is 77.7 cm³/mol. The first-order valence-electron chi connectivity index (χ1n) is 7.20. The lowest BCUT2D eigenvalue weighted by Gasteiger charge is -2.28. The third-order valence-electron chi connectivity index (χ3n) is 4.38. The van der Waals surface area contributed by atoms with Gasteiger partial charge in [0, 0.05) is 6.04 Å². The van der Waals surface area contributed by atoms with Crippen LogP contribution >= 0.6 is 0 Å². The minimum Gasteiger partial charge on any atom is -0.306 e. The van der Waals surface area contributed by atoms with Gasteiger partial charge in [-0.05, 0) is 68.8 Å². The van der Waals surface area contributed by atoms with Crippen molar-refractivity contribution >= 4 is 5.57 Å². The van der Waals surface area contributed by atoms with Crippen molar-refractivity contribution in [3.63, 3.8) is 0 Å². The summed E-state index contributed by atoms with van der Waals surface area (Å²) in [6.07, 6.45) is 8.98. The molecule has 3 rings (SSSR count). The number of hydrogen-bond acceptors (Lipinski definition) is 1. The summed E-state index contributed by atoms with van der Waals surface area (Å²) >= 11 is 0. The van der Waals surface area contributed by atoms with E-state index in [1.54, 1.807) is 11.1 Å². The second kappa shape index (κ2) is 4.89. The first-order valence-corrected chi connectivity index (χ1v) is 7.20. The van der Waals surface area contributed by atoms with Gasteiger partial charge < -0.3 is 4.90 Å². The summed E-state index contributed by atoms with van der Waals surface area (Å²) in [5.74, 6) is 0.860. The van der Waals surface area contributed by atoms with Crippen LogP contribution < -0.4 is 0 Å². The van der Waals surface area contributed by atoms with E-state index >= 15 is 0 Å². The fourth-order valence-corrected chi connectivity index (χ4v) is 2.97. The molecule has 2 aliphatic carbocycles. The Morgan fingerprint density at radius 1 is 1.11 bits per heavy atom. The maximum absolute atomic E-state index is 2.45. The largest absolute Gasteiger partial charge is 0.306 e. The van der Waals surface area contributed by atoms with Gasteiger partial charge in [-0.2, -0.15) is 0 Å². The topological polar surface area (TPSA) is 3.24 Å².